The summed E-state index contributed by atoms with van der Waals surface area (Å²) in [5.41, 5.74) is 0.826. The molecule has 1 amide bonds. The van der Waals surface area contributed by atoms with Gasteiger partial charge in [0.25, 0.3) is 0 Å². The fourth-order valence-electron chi connectivity index (χ4n) is 2.59. The van der Waals surface area contributed by atoms with Gasteiger partial charge >= 0.3 is 0 Å². The van der Waals surface area contributed by atoms with Crippen LogP contribution >= 0.6 is 11.8 Å². The molecule has 1 N–H and O–H groups in total. The Morgan fingerprint density at radius 1 is 1.25 bits per heavy atom. The number of nitrogens with one attached hydrogen (secondary N) is 1. The second-order valence-electron chi connectivity index (χ2n) is 5.91. The van der Waals surface area contributed by atoms with Gasteiger partial charge < -0.3 is 5.32 Å². The first-order valence-electron chi connectivity index (χ1n) is 7.95. The van der Waals surface area contributed by atoms with E-state index in [1.807, 2.05) is 54.1 Å². The number of hydrogen-bond donors (Lipinski definition) is 1. The van der Waals surface area contributed by atoms with Crippen molar-refractivity contribution in [1.82, 2.24) is 20.2 Å². The van der Waals surface area contributed by atoms with Gasteiger partial charge in [0.05, 0.1) is 11.3 Å². The average Bonchev–Trinajstić information content (AvgIpc) is 3.34. The number of benzene rings is 2. The second kappa shape index (κ2) is 6.24. The molecule has 122 valence electrons. The van der Waals surface area contributed by atoms with E-state index in [0.29, 0.717) is 11.2 Å². The van der Waals surface area contributed by atoms with Gasteiger partial charge in [0.2, 0.25) is 11.1 Å². The third-order valence-electron chi connectivity index (χ3n) is 4.05. The fraction of sp³-hybridized carbons (Fsp3) is 0.294. The molecule has 1 aromatic heterocycles. The van der Waals surface area contributed by atoms with Crippen LogP contribution in [0.5, 0.6) is 0 Å². The topological polar surface area (TPSA) is 72.7 Å². The number of hydrogen-bond acceptors (Lipinski definition) is 5. The average molecular weight is 339 g/mol. The minimum absolute atomic E-state index is 0.0540. The number of nitrogens with zero attached hydrogens (tertiary/aromatic N) is 4. The van der Waals surface area contributed by atoms with Gasteiger partial charge in [0.15, 0.2) is 0 Å². The highest BCUT2D eigenvalue weighted by molar-refractivity contribution is 8.00. The molecule has 2 aromatic carbocycles. The zero-order chi connectivity index (χ0) is 16.5. The molecule has 1 atom stereocenters. The van der Waals surface area contributed by atoms with Crippen molar-refractivity contribution in [3.8, 4) is 0 Å². The van der Waals surface area contributed by atoms with Crippen molar-refractivity contribution in [2.75, 3.05) is 5.32 Å². The lowest BCUT2D eigenvalue weighted by Gasteiger charge is -2.13. The lowest BCUT2D eigenvalue weighted by atomic mass is 10.1. The molecule has 1 aliphatic rings. The van der Waals surface area contributed by atoms with Crippen molar-refractivity contribution in [1.29, 1.82) is 0 Å². The zero-order valence-corrected chi connectivity index (χ0v) is 14.0. The number of amides is 1. The Labute approximate surface area is 143 Å². The van der Waals surface area contributed by atoms with Crippen molar-refractivity contribution in [3.63, 3.8) is 0 Å². The molecule has 0 spiro atoms. The van der Waals surface area contributed by atoms with Crippen molar-refractivity contribution >= 4 is 34.1 Å². The Morgan fingerprint density at radius 3 is 2.88 bits per heavy atom. The lowest BCUT2D eigenvalue weighted by Crippen LogP contribution is -2.23. The Morgan fingerprint density at radius 2 is 2.04 bits per heavy atom. The molecule has 1 aliphatic carbocycles. The van der Waals surface area contributed by atoms with Gasteiger partial charge in [-0.25, -0.2) is 4.68 Å². The van der Waals surface area contributed by atoms with Crippen molar-refractivity contribution in [2.45, 2.75) is 36.2 Å². The highest BCUT2D eigenvalue weighted by atomic mass is 32.2. The molecular weight excluding hydrogens is 322 g/mol. The molecule has 1 heterocycles. The Kier molecular flexibility index (Phi) is 3.93. The largest absolute Gasteiger partial charge is 0.325 e. The summed E-state index contributed by atoms with van der Waals surface area (Å²) < 4.78 is 1.83. The molecule has 6 nitrogen and oxygen atoms in total. The molecule has 0 radical (unpaired) electrons. The van der Waals surface area contributed by atoms with E-state index in [2.05, 4.69) is 20.8 Å². The van der Waals surface area contributed by atoms with Gasteiger partial charge in [-0.2, -0.15) is 0 Å². The van der Waals surface area contributed by atoms with Crippen LogP contribution in [0.4, 0.5) is 5.69 Å². The molecule has 0 aliphatic heterocycles. The zero-order valence-electron chi connectivity index (χ0n) is 13.2. The monoisotopic (exact) mass is 339 g/mol. The summed E-state index contributed by atoms with van der Waals surface area (Å²) in [7, 11) is 0. The molecule has 1 unspecified atom stereocenters. The summed E-state index contributed by atoms with van der Waals surface area (Å²) in [5.74, 6) is -0.0540. The second-order valence-corrected chi connectivity index (χ2v) is 7.22. The third-order valence-corrected chi connectivity index (χ3v) is 5.10. The maximum atomic E-state index is 12.6. The maximum Gasteiger partial charge on any atom is 0.237 e. The summed E-state index contributed by atoms with van der Waals surface area (Å²) >= 11 is 1.39. The van der Waals surface area contributed by atoms with E-state index in [-0.39, 0.29) is 11.2 Å². The summed E-state index contributed by atoms with van der Waals surface area (Å²) in [4.78, 5) is 12.6. The van der Waals surface area contributed by atoms with E-state index < -0.39 is 0 Å². The first-order chi connectivity index (χ1) is 11.7. The van der Waals surface area contributed by atoms with Crippen LogP contribution in [0.15, 0.2) is 47.6 Å². The highest BCUT2D eigenvalue weighted by Crippen LogP contribution is 2.37. The van der Waals surface area contributed by atoms with Gasteiger partial charge in [-0.3, -0.25) is 4.79 Å². The van der Waals surface area contributed by atoms with Gasteiger partial charge in [0, 0.05) is 11.1 Å². The summed E-state index contributed by atoms with van der Waals surface area (Å²) in [6, 6.07) is 14.3. The quantitative estimate of drug-likeness (QED) is 0.722. The van der Waals surface area contributed by atoms with Crippen LogP contribution in [-0.4, -0.2) is 31.4 Å². The van der Waals surface area contributed by atoms with Crippen LogP contribution in [0.2, 0.25) is 0 Å². The van der Waals surface area contributed by atoms with Gasteiger partial charge in [-0.1, -0.05) is 48.2 Å². The van der Waals surface area contributed by atoms with E-state index in [1.165, 1.54) is 11.8 Å². The van der Waals surface area contributed by atoms with E-state index in [1.54, 1.807) is 0 Å². The number of carbonyl (C=O) groups excluding carboxylic acids is 1. The molecule has 3 aromatic rings. The predicted octanol–water partition coefficient (Wildman–Crippen LogP) is 3.28. The highest BCUT2D eigenvalue weighted by Gasteiger charge is 2.29. The third kappa shape index (κ3) is 2.99. The number of fused-ring (bicyclic) bond motifs is 1. The maximum absolute atomic E-state index is 12.6. The normalized spacial score (nSPS) is 15.4. The predicted molar refractivity (Wildman–Crippen MR) is 94.0 cm³/mol. The first-order valence-corrected chi connectivity index (χ1v) is 8.83. The van der Waals surface area contributed by atoms with Crippen molar-refractivity contribution in [3.05, 3.63) is 42.5 Å². The number of carbonyl (C=O) groups is 1. The summed E-state index contributed by atoms with van der Waals surface area (Å²) in [6.45, 7) is 1.87. The van der Waals surface area contributed by atoms with E-state index in [4.69, 9.17) is 0 Å². The van der Waals surface area contributed by atoms with Crippen molar-refractivity contribution < 1.29 is 4.79 Å². The summed E-state index contributed by atoms with van der Waals surface area (Å²) in [6.07, 6.45) is 2.21. The number of aromatic nitrogens is 4. The first kappa shape index (κ1) is 15.1. The van der Waals surface area contributed by atoms with E-state index >= 15 is 0 Å². The van der Waals surface area contributed by atoms with Gasteiger partial charge in [0.1, 0.15) is 0 Å². The van der Waals surface area contributed by atoms with E-state index in [9.17, 15) is 4.79 Å². The summed E-state index contributed by atoms with van der Waals surface area (Å²) in [5, 5.41) is 17.4. The smallest absolute Gasteiger partial charge is 0.237 e. The Hall–Kier alpha value is -2.41. The molecule has 4 rings (SSSR count). The Bertz CT molecular complexity index is 884. The van der Waals surface area contributed by atoms with Crippen LogP contribution in [0.1, 0.15) is 25.8 Å². The van der Waals surface area contributed by atoms with Gasteiger partial charge in [-0.05, 0) is 41.6 Å². The van der Waals surface area contributed by atoms with Crippen LogP contribution < -0.4 is 5.32 Å². The van der Waals surface area contributed by atoms with Crippen LogP contribution in [0, 0.1) is 0 Å². The van der Waals surface area contributed by atoms with Crippen LogP contribution in [-0.2, 0) is 4.79 Å². The van der Waals surface area contributed by atoms with Crippen LogP contribution in [0.3, 0.4) is 0 Å². The van der Waals surface area contributed by atoms with E-state index in [0.717, 1.165) is 29.3 Å². The van der Waals surface area contributed by atoms with Crippen LogP contribution in [0.25, 0.3) is 10.8 Å². The standard InChI is InChI=1S/C17H17N5OS/c1-11(24-17-19-20-21-22(17)13-9-10-13)16(23)18-15-8-4-6-12-5-2-3-7-14(12)15/h2-8,11,13H,9-10H2,1H3,(H,18,23). The molecule has 0 bridgehead atoms. The number of thioether (sulfide) groups is 1. The SMILES string of the molecule is CC(Sc1nnnn1C1CC1)C(=O)Nc1cccc2ccccc12. The number of anilines is 1. The van der Waals surface area contributed by atoms with Gasteiger partial charge in [-0.15, -0.1) is 5.10 Å². The minimum atomic E-state index is -0.285. The molecule has 7 heteroatoms. The minimum Gasteiger partial charge on any atom is -0.325 e. The number of tetrazole rings is 1. The van der Waals surface area contributed by atoms with Crippen molar-refractivity contribution in [2.24, 2.45) is 0 Å². The molecule has 1 saturated carbocycles. The lowest BCUT2D eigenvalue weighted by molar-refractivity contribution is -0.115. The molecule has 1 fully saturated rings. The molecule has 0 saturated heterocycles. The number of rotatable bonds is 5. The molecular formula is C17H17N5OS. The Balaban J connectivity index is 1.49. The molecule has 24 heavy (non-hydrogen) atoms. The fourth-order valence-corrected chi connectivity index (χ4v) is 3.45.